The molecule has 12 heteroatoms. The van der Waals surface area contributed by atoms with Gasteiger partial charge in [-0.2, -0.15) is 0 Å². The summed E-state index contributed by atoms with van der Waals surface area (Å²) in [6.45, 7) is 8.53. The minimum Gasteiger partial charge on any atom is -0.461 e. The number of halogens is 2. The third-order valence-electron chi connectivity index (χ3n) is 8.32. The molecule has 232 valence electrons. The number of imidazole rings is 1. The number of fused-ring (bicyclic) bond motifs is 2. The summed E-state index contributed by atoms with van der Waals surface area (Å²) in [6, 6.07) is 12.0. The predicted octanol–water partition coefficient (Wildman–Crippen LogP) is 5.85. The van der Waals surface area contributed by atoms with Gasteiger partial charge in [0.1, 0.15) is 17.2 Å². The van der Waals surface area contributed by atoms with Crippen molar-refractivity contribution in [2.75, 3.05) is 26.8 Å². The summed E-state index contributed by atoms with van der Waals surface area (Å²) in [7, 11) is 1.67. The van der Waals surface area contributed by atoms with Gasteiger partial charge in [0.15, 0.2) is 22.8 Å². The van der Waals surface area contributed by atoms with Crippen molar-refractivity contribution in [1.29, 1.82) is 0 Å². The van der Waals surface area contributed by atoms with Gasteiger partial charge < -0.3 is 23.5 Å². The van der Waals surface area contributed by atoms with Crippen molar-refractivity contribution in [3.63, 3.8) is 0 Å². The van der Waals surface area contributed by atoms with Crippen LogP contribution in [0.15, 0.2) is 42.5 Å². The molecular formula is C32H35ClFN5O5. The van der Waals surface area contributed by atoms with E-state index in [1.807, 2.05) is 23.6 Å². The molecule has 0 spiro atoms. The van der Waals surface area contributed by atoms with Gasteiger partial charge in [-0.1, -0.05) is 23.7 Å². The van der Waals surface area contributed by atoms with Crippen LogP contribution in [-0.2, 0) is 28.4 Å². The quantitative estimate of drug-likeness (QED) is 0.212. The largest absolute Gasteiger partial charge is 0.461 e. The molecule has 0 saturated carbocycles. The Labute approximate surface area is 260 Å². The van der Waals surface area contributed by atoms with Crippen LogP contribution in [0.25, 0.3) is 11.2 Å². The van der Waals surface area contributed by atoms with Crippen LogP contribution in [-0.4, -0.2) is 63.5 Å². The summed E-state index contributed by atoms with van der Waals surface area (Å²) >= 11 is 5.97. The molecule has 2 aliphatic rings. The number of para-hydroxylation sites is 1. The zero-order valence-corrected chi connectivity index (χ0v) is 25.9. The van der Waals surface area contributed by atoms with E-state index in [0.717, 1.165) is 37.3 Å². The van der Waals surface area contributed by atoms with Crippen LogP contribution in [0, 0.1) is 5.82 Å². The van der Waals surface area contributed by atoms with Gasteiger partial charge >= 0.3 is 5.97 Å². The van der Waals surface area contributed by atoms with Gasteiger partial charge in [0, 0.05) is 30.7 Å². The van der Waals surface area contributed by atoms with Crippen molar-refractivity contribution in [1.82, 2.24) is 24.6 Å². The first-order valence-electron chi connectivity index (χ1n) is 14.8. The molecule has 0 amide bonds. The van der Waals surface area contributed by atoms with E-state index >= 15 is 0 Å². The number of hydrogen-bond donors (Lipinski definition) is 0. The molecule has 2 aliphatic heterocycles. The molecule has 10 nitrogen and oxygen atoms in total. The fourth-order valence-electron chi connectivity index (χ4n) is 5.96. The zero-order chi connectivity index (χ0) is 31.0. The number of nitrogens with zero attached hydrogens (tertiary/aromatic N) is 5. The van der Waals surface area contributed by atoms with Gasteiger partial charge in [0.25, 0.3) is 5.79 Å². The lowest BCUT2D eigenvalue weighted by Gasteiger charge is -2.32. The van der Waals surface area contributed by atoms with Crippen LogP contribution >= 0.6 is 11.6 Å². The monoisotopic (exact) mass is 623 g/mol. The molecule has 1 fully saturated rings. The first-order valence-corrected chi connectivity index (χ1v) is 15.2. The number of esters is 1. The van der Waals surface area contributed by atoms with Crippen molar-refractivity contribution in [3.8, 4) is 11.5 Å². The minimum absolute atomic E-state index is 0.0714. The Kier molecular flexibility index (Phi) is 8.45. The summed E-state index contributed by atoms with van der Waals surface area (Å²) in [5.74, 6) is 0.0494. The maximum absolute atomic E-state index is 14.8. The average molecular weight is 624 g/mol. The van der Waals surface area contributed by atoms with Crippen molar-refractivity contribution in [2.24, 2.45) is 0 Å². The van der Waals surface area contributed by atoms with Gasteiger partial charge in [-0.25, -0.2) is 14.2 Å². The second kappa shape index (κ2) is 12.3. The van der Waals surface area contributed by atoms with Crippen LogP contribution in [0.3, 0.4) is 0 Å². The van der Waals surface area contributed by atoms with Crippen LogP contribution in [0.2, 0.25) is 5.02 Å². The number of carbonyl (C=O) groups excluding carboxylic acids is 1. The fourth-order valence-corrected chi connectivity index (χ4v) is 6.12. The topological polar surface area (TPSA) is 101 Å². The third kappa shape index (κ3) is 5.83. The average Bonchev–Trinajstić information content (AvgIpc) is 3.53. The highest BCUT2D eigenvalue weighted by Crippen LogP contribution is 2.49. The van der Waals surface area contributed by atoms with E-state index in [1.165, 1.54) is 6.07 Å². The maximum atomic E-state index is 14.8. The zero-order valence-electron chi connectivity index (χ0n) is 25.2. The van der Waals surface area contributed by atoms with Crippen LogP contribution < -0.4 is 9.47 Å². The lowest BCUT2D eigenvalue weighted by molar-refractivity contribution is -0.0712. The van der Waals surface area contributed by atoms with Gasteiger partial charge in [0.05, 0.1) is 31.4 Å². The number of carbonyl (C=O) groups is 1. The number of benzene rings is 2. The van der Waals surface area contributed by atoms with Crippen LogP contribution in [0.4, 0.5) is 4.39 Å². The molecule has 2 aromatic heterocycles. The van der Waals surface area contributed by atoms with Gasteiger partial charge in [-0.05, 0) is 70.0 Å². The van der Waals surface area contributed by atoms with Crippen molar-refractivity contribution in [2.45, 2.75) is 64.5 Å². The van der Waals surface area contributed by atoms with Crippen molar-refractivity contribution < 1.29 is 28.1 Å². The molecule has 0 bridgehead atoms. The van der Waals surface area contributed by atoms with Crippen molar-refractivity contribution in [3.05, 3.63) is 75.9 Å². The molecule has 2 aromatic carbocycles. The van der Waals surface area contributed by atoms with E-state index in [0.29, 0.717) is 46.3 Å². The first-order chi connectivity index (χ1) is 21.2. The highest BCUT2D eigenvalue weighted by molar-refractivity contribution is 6.30. The third-order valence-corrected chi connectivity index (χ3v) is 8.56. The Balaban J connectivity index is 1.18. The van der Waals surface area contributed by atoms with Gasteiger partial charge in [-0.15, -0.1) is 10.2 Å². The number of aromatic nitrogens is 4. The number of hydrogen-bond acceptors (Lipinski definition) is 9. The smallest absolute Gasteiger partial charge is 0.358 e. The molecular weight excluding hydrogens is 589 g/mol. The van der Waals surface area contributed by atoms with Crippen molar-refractivity contribution >= 4 is 28.7 Å². The van der Waals surface area contributed by atoms with E-state index in [2.05, 4.69) is 21.2 Å². The Morgan fingerprint density at radius 1 is 1.18 bits per heavy atom. The number of rotatable bonds is 9. The molecule has 4 heterocycles. The summed E-state index contributed by atoms with van der Waals surface area (Å²) in [5, 5.41) is 8.75. The Bertz CT molecular complexity index is 1690. The molecule has 0 radical (unpaired) electrons. The van der Waals surface area contributed by atoms with E-state index < -0.39 is 17.6 Å². The van der Waals surface area contributed by atoms with Gasteiger partial charge in [0.2, 0.25) is 0 Å². The van der Waals surface area contributed by atoms with Gasteiger partial charge in [-0.3, -0.25) is 4.90 Å². The lowest BCUT2D eigenvalue weighted by atomic mass is 9.88. The molecule has 0 N–H and O–H groups in total. The highest BCUT2D eigenvalue weighted by atomic mass is 35.5. The standard InChI is InChI=1S/C32H35ClFN5O5/c1-5-42-31(40)26-16-25-30(37-36-26)39(17-19(2)41-4)28(35-25)18-38-13-11-20(12-14-38)22-7-6-8-27-29(22)44-32(3,43-27)23-10-9-21(33)15-24(23)34/h6-10,15-16,19-20H,5,11-14,17-18H2,1-4H3/t19-,32+/m1/s1. The second-order valence-corrected chi connectivity index (χ2v) is 11.8. The highest BCUT2D eigenvalue weighted by Gasteiger charge is 2.43. The molecule has 4 aromatic rings. The van der Waals surface area contributed by atoms with E-state index in [9.17, 15) is 9.18 Å². The molecule has 1 saturated heterocycles. The number of methoxy groups -OCH3 is 1. The van der Waals surface area contributed by atoms with Crippen LogP contribution in [0.5, 0.6) is 11.5 Å². The number of ether oxygens (including phenoxy) is 4. The minimum atomic E-state index is -1.29. The van der Waals surface area contributed by atoms with Crippen LogP contribution in [0.1, 0.15) is 67.0 Å². The first kappa shape index (κ1) is 30.2. The van der Waals surface area contributed by atoms with E-state index in [4.69, 9.17) is 35.5 Å². The second-order valence-electron chi connectivity index (χ2n) is 11.3. The maximum Gasteiger partial charge on any atom is 0.358 e. The van der Waals surface area contributed by atoms with E-state index in [1.54, 1.807) is 39.2 Å². The molecule has 6 rings (SSSR count). The molecule has 0 aliphatic carbocycles. The Hall–Kier alpha value is -3.80. The Morgan fingerprint density at radius 2 is 1.98 bits per heavy atom. The molecule has 44 heavy (non-hydrogen) atoms. The Morgan fingerprint density at radius 3 is 2.70 bits per heavy atom. The lowest BCUT2D eigenvalue weighted by Crippen LogP contribution is -2.34. The normalized spacial score (nSPS) is 19.4. The number of piperidine rings is 1. The summed E-state index contributed by atoms with van der Waals surface area (Å²) in [4.78, 5) is 19.5. The summed E-state index contributed by atoms with van der Waals surface area (Å²) in [5.41, 5.74) is 2.68. The predicted molar refractivity (Wildman–Crippen MR) is 161 cm³/mol. The van der Waals surface area contributed by atoms with E-state index in [-0.39, 0.29) is 24.3 Å². The summed E-state index contributed by atoms with van der Waals surface area (Å²) in [6.07, 6.45) is 1.72. The SMILES string of the molecule is CCOC(=O)c1cc2nc(CN3CCC(c4cccc5c4O[C@@](C)(c4ccc(Cl)cc4F)O5)CC3)n(C[C@@H](C)OC)c2nn1. The molecule has 0 unspecified atom stereocenters. The number of likely N-dealkylation sites (tertiary alicyclic amines) is 1. The molecule has 2 atom stereocenters. The summed E-state index contributed by atoms with van der Waals surface area (Å²) < 4.78 is 40.0. The fraction of sp³-hybridized carbons (Fsp3) is 0.438.